The van der Waals surface area contributed by atoms with Crippen molar-refractivity contribution < 1.29 is 13.2 Å². The van der Waals surface area contributed by atoms with E-state index in [4.69, 9.17) is 0 Å². The van der Waals surface area contributed by atoms with Crippen LogP contribution in [0.5, 0.6) is 0 Å². The summed E-state index contributed by atoms with van der Waals surface area (Å²) >= 11 is 0. The molecule has 2 fully saturated rings. The normalized spacial score (nSPS) is 21.8. The summed E-state index contributed by atoms with van der Waals surface area (Å²) in [7, 11) is -3.15. The monoisotopic (exact) mass is 336 g/mol. The molecule has 23 heavy (non-hydrogen) atoms. The van der Waals surface area contributed by atoms with Gasteiger partial charge in [0.15, 0.2) is 0 Å². The quantitative estimate of drug-likeness (QED) is 0.894. The van der Waals surface area contributed by atoms with Crippen LogP contribution < -0.4 is 5.32 Å². The Kier molecular flexibility index (Phi) is 4.47. The van der Waals surface area contributed by atoms with Crippen LogP contribution in [0.15, 0.2) is 30.3 Å². The van der Waals surface area contributed by atoms with Crippen molar-refractivity contribution in [2.45, 2.75) is 37.6 Å². The Labute approximate surface area is 138 Å². The zero-order valence-corrected chi connectivity index (χ0v) is 14.3. The van der Waals surface area contributed by atoms with E-state index in [0.717, 1.165) is 6.42 Å². The van der Waals surface area contributed by atoms with Gasteiger partial charge < -0.3 is 5.32 Å². The molecule has 6 heteroatoms. The predicted molar refractivity (Wildman–Crippen MR) is 89.6 cm³/mol. The van der Waals surface area contributed by atoms with E-state index in [2.05, 4.69) is 5.32 Å². The van der Waals surface area contributed by atoms with Crippen LogP contribution in [0.3, 0.4) is 0 Å². The van der Waals surface area contributed by atoms with Gasteiger partial charge in [-0.3, -0.25) is 4.79 Å². The summed E-state index contributed by atoms with van der Waals surface area (Å²) in [6.07, 6.45) is 6.04. The van der Waals surface area contributed by atoms with Crippen LogP contribution in [0, 0.1) is 5.92 Å². The topological polar surface area (TPSA) is 66.5 Å². The summed E-state index contributed by atoms with van der Waals surface area (Å²) in [6.45, 7) is 0.973. The van der Waals surface area contributed by atoms with Crippen molar-refractivity contribution in [1.29, 1.82) is 0 Å². The zero-order chi connectivity index (χ0) is 16.5. The van der Waals surface area contributed by atoms with E-state index in [1.807, 2.05) is 30.3 Å². The molecule has 0 radical (unpaired) electrons. The number of nitrogens with zero attached hydrogens (tertiary/aromatic N) is 1. The molecule has 1 heterocycles. The van der Waals surface area contributed by atoms with Gasteiger partial charge in [0.1, 0.15) is 0 Å². The Bertz CT molecular complexity index is 660. The highest BCUT2D eigenvalue weighted by atomic mass is 32.2. The third kappa shape index (κ3) is 4.12. The predicted octanol–water partition coefficient (Wildman–Crippen LogP) is 2.01. The van der Waals surface area contributed by atoms with Crippen LogP contribution in [0.2, 0.25) is 0 Å². The number of carbonyl (C=O) groups excluding carboxylic acids is 1. The third-order valence-corrected chi connectivity index (χ3v) is 6.24. The Balaban J connectivity index is 1.72. The maximum absolute atomic E-state index is 12.6. The fourth-order valence-electron chi connectivity index (χ4n) is 3.40. The van der Waals surface area contributed by atoms with Gasteiger partial charge in [0, 0.05) is 24.2 Å². The number of nitrogens with one attached hydrogen (secondary N) is 1. The van der Waals surface area contributed by atoms with Crippen molar-refractivity contribution in [2.24, 2.45) is 5.92 Å². The number of hydrogen-bond donors (Lipinski definition) is 1. The molecule has 1 aliphatic carbocycles. The smallest absolute Gasteiger partial charge is 0.251 e. The first kappa shape index (κ1) is 16.5. The average molecular weight is 336 g/mol. The second-order valence-electron chi connectivity index (χ2n) is 6.91. The van der Waals surface area contributed by atoms with Crippen LogP contribution in [0.25, 0.3) is 0 Å². The summed E-state index contributed by atoms with van der Waals surface area (Å²) in [4.78, 5) is 12.6. The highest BCUT2D eigenvalue weighted by Gasteiger charge is 2.42. The first-order chi connectivity index (χ1) is 10.9. The van der Waals surface area contributed by atoms with E-state index in [0.29, 0.717) is 37.4 Å². The molecule has 0 atom stereocenters. The molecule has 0 bridgehead atoms. The van der Waals surface area contributed by atoms with Crippen LogP contribution in [0.4, 0.5) is 0 Å². The Morgan fingerprint density at radius 3 is 2.35 bits per heavy atom. The molecule has 126 valence electrons. The fraction of sp³-hybridized carbons (Fsp3) is 0.588. The van der Waals surface area contributed by atoms with Gasteiger partial charge in [0.2, 0.25) is 10.0 Å². The van der Waals surface area contributed by atoms with Gasteiger partial charge in [-0.2, -0.15) is 0 Å². The lowest BCUT2D eigenvalue weighted by atomic mass is 9.83. The van der Waals surface area contributed by atoms with E-state index in [9.17, 15) is 13.2 Å². The van der Waals surface area contributed by atoms with Crippen molar-refractivity contribution in [1.82, 2.24) is 9.62 Å². The maximum atomic E-state index is 12.6. The SMILES string of the molecule is CS(=O)(=O)N1CCC(CC2CC2)(NC(=O)c2ccccc2)CC1. The first-order valence-electron chi connectivity index (χ1n) is 8.21. The van der Waals surface area contributed by atoms with Crippen molar-refractivity contribution in [3.05, 3.63) is 35.9 Å². The third-order valence-electron chi connectivity index (χ3n) is 4.94. The molecular weight excluding hydrogens is 312 g/mol. The second-order valence-corrected chi connectivity index (χ2v) is 8.89. The van der Waals surface area contributed by atoms with E-state index in [1.54, 1.807) is 0 Å². The number of rotatable bonds is 5. The van der Waals surface area contributed by atoms with E-state index in [1.165, 1.54) is 23.4 Å². The van der Waals surface area contributed by atoms with E-state index < -0.39 is 10.0 Å². The molecule has 0 aromatic heterocycles. The average Bonchev–Trinajstić information content (AvgIpc) is 3.31. The van der Waals surface area contributed by atoms with Gasteiger partial charge in [0.05, 0.1) is 6.26 Å². The van der Waals surface area contributed by atoms with Crippen LogP contribution in [-0.2, 0) is 10.0 Å². The van der Waals surface area contributed by atoms with E-state index >= 15 is 0 Å². The molecule has 0 unspecified atom stereocenters. The summed E-state index contributed by atoms with van der Waals surface area (Å²) in [5.41, 5.74) is 0.392. The minimum atomic E-state index is -3.15. The number of benzene rings is 1. The Hall–Kier alpha value is -1.40. The van der Waals surface area contributed by atoms with Gasteiger partial charge in [-0.05, 0) is 37.3 Å². The minimum absolute atomic E-state index is 0.0564. The number of amides is 1. The van der Waals surface area contributed by atoms with Crippen LogP contribution >= 0.6 is 0 Å². The van der Waals surface area contributed by atoms with Crippen molar-refractivity contribution in [2.75, 3.05) is 19.3 Å². The van der Waals surface area contributed by atoms with Gasteiger partial charge in [-0.1, -0.05) is 31.0 Å². The zero-order valence-electron chi connectivity index (χ0n) is 13.5. The Morgan fingerprint density at radius 1 is 1.22 bits per heavy atom. The molecule has 1 saturated carbocycles. The molecule has 3 rings (SSSR count). The molecule has 1 N–H and O–H groups in total. The lowest BCUT2D eigenvalue weighted by Gasteiger charge is -2.42. The molecule has 5 nitrogen and oxygen atoms in total. The highest BCUT2D eigenvalue weighted by molar-refractivity contribution is 7.88. The van der Waals surface area contributed by atoms with Gasteiger partial charge in [0.25, 0.3) is 5.91 Å². The number of carbonyl (C=O) groups is 1. The molecule has 1 aromatic carbocycles. The molecule has 1 aliphatic heterocycles. The first-order valence-corrected chi connectivity index (χ1v) is 10.1. The lowest BCUT2D eigenvalue weighted by molar-refractivity contribution is 0.0837. The molecule has 1 saturated heterocycles. The van der Waals surface area contributed by atoms with Crippen LogP contribution in [-0.4, -0.2) is 43.5 Å². The van der Waals surface area contributed by atoms with Crippen molar-refractivity contribution in [3.8, 4) is 0 Å². The summed E-state index contributed by atoms with van der Waals surface area (Å²) < 4.78 is 24.9. The van der Waals surface area contributed by atoms with E-state index in [-0.39, 0.29) is 11.4 Å². The standard InChI is InChI=1S/C17H24N2O3S/c1-23(21,22)19-11-9-17(10-12-19,13-14-7-8-14)18-16(20)15-5-3-2-4-6-15/h2-6,14H,7-13H2,1H3,(H,18,20). The van der Waals surface area contributed by atoms with Crippen molar-refractivity contribution in [3.63, 3.8) is 0 Å². The van der Waals surface area contributed by atoms with Gasteiger partial charge >= 0.3 is 0 Å². The minimum Gasteiger partial charge on any atom is -0.346 e. The molecule has 1 aromatic rings. The number of hydrogen-bond acceptors (Lipinski definition) is 3. The van der Waals surface area contributed by atoms with Gasteiger partial charge in [-0.25, -0.2) is 12.7 Å². The van der Waals surface area contributed by atoms with Gasteiger partial charge in [-0.15, -0.1) is 0 Å². The molecule has 0 spiro atoms. The summed E-state index contributed by atoms with van der Waals surface area (Å²) in [6, 6.07) is 9.22. The fourth-order valence-corrected chi connectivity index (χ4v) is 4.25. The number of piperidine rings is 1. The largest absolute Gasteiger partial charge is 0.346 e. The molecular formula is C17H24N2O3S. The van der Waals surface area contributed by atoms with Crippen molar-refractivity contribution >= 4 is 15.9 Å². The van der Waals surface area contributed by atoms with Crippen LogP contribution in [0.1, 0.15) is 42.5 Å². The maximum Gasteiger partial charge on any atom is 0.251 e. The number of sulfonamides is 1. The highest BCUT2D eigenvalue weighted by Crippen LogP contribution is 2.41. The molecule has 1 amide bonds. The molecule has 2 aliphatic rings. The lowest BCUT2D eigenvalue weighted by Crippen LogP contribution is -2.56. The summed E-state index contributed by atoms with van der Waals surface area (Å²) in [5.74, 6) is 0.620. The second kappa shape index (κ2) is 6.24. The Morgan fingerprint density at radius 2 is 1.83 bits per heavy atom. The summed E-state index contributed by atoms with van der Waals surface area (Å²) in [5, 5.41) is 3.23.